The van der Waals surface area contributed by atoms with Crippen LogP contribution in [-0.4, -0.2) is 27.6 Å². The van der Waals surface area contributed by atoms with Gasteiger partial charge in [-0.25, -0.2) is 9.78 Å². The molecule has 0 saturated heterocycles. The van der Waals surface area contributed by atoms with Crippen molar-refractivity contribution in [2.75, 3.05) is 7.11 Å². The standard InChI is InChI=1S/C9H10N2O3S/c1-5-8(9(12)13)15-7-3-10-6(4-14-2)11(5)7/h3H,4H2,1-2H3,(H,12,13). The number of aromatic carboxylic acids is 1. The predicted octanol–water partition coefficient (Wildman–Crippen LogP) is 1.55. The van der Waals surface area contributed by atoms with Gasteiger partial charge in [0.25, 0.3) is 0 Å². The fourth-order valence-electron chi connectivity index (χ4n) is 1.51. The maximum absolute atomic E-state index is 10.9. The number of carboxylic acids is 1. The van der Waals surface area contributed by atoms with E-state index in [1.54, 1.807) is 20.2 Å². The van der Waals surface area contributed by atoms with Crippen LogP contribution in [0.3, 0.4) is 0 Å². The zero-order valence-corrected chi connectivity index (χ0v) is 9.17. The summed E-state index contributed by atoms with van der Waals surface area (Å²) in [5.41, 5.74) is 0.701. The molecule has 0 saturated carbocycles. The van der Waals surface area contributed by atoms with Gasteiger partial charge in [-0.05, 0) is 6.92 Å². The molecule has 2 aromatic heterocycles. The average molecular weight is 226 g/mol. The molecule has 0 amide bonds. The van der Waals surface area contributed by atoms with Gasteiger partial charge >= 0.3 is 5.97 Å². The first kappa shape index (κ1) is 10.1. The third kappa shape index (κ3) is 1.51. The lowest BCUT2D eigenvalue weighted by molar-refractivity contribution is 0.0701. The van der Waals surface area contributed by atoms with Crippen LogP contribution >= 0.6 is 11.3 Å². The molecule has 15 heavy (non-hydrogen) atoms. The van der Waals surface area contributed by atoms with Crippen LogP contribution in [0.1, 0.15) is 21.2 Å². The lowest BCUT2D eigenvalue weighted by atomic mass is 10.4. The van der Waals surface area contributed by atoms with Crippen molar-refractivity contribution in [3.8, 4) is 0 Å². The molecule has 1 N–H and O–H groups in total. The maximum Gasteiger partial charge on any atom is 0.347 e. The number of ether oxygens (including phenoxy) is 1. The summed E-state index contributed by atoms with van der Waals surface area (Å²) in [6.07, 6.45) is 1.67. The highest BCUT2D eigenvalue weighted by molar-refractivity contribution is 7.19. The van der Waals surface area contributed by atoms with Crippen LogP contribution in [0.5, 0.6) is 0 Å². The number of methoxy groups -OCH3 is 1. The van der Waals surface area contributed by atoms with E-state index in [9.17, 15) is 4.79 Å². The molecule has 0 aliphatic heterocycles. The summed E-state index contributed by atoms with van der Waals surface area (Å²) in [7, 11) is 1.58. The van der Waals surface area contributed by atoms with Gasteiger partial charge in [-0.1, -0.05) is 0 Å². The molecule has 0 spiro atoms. The first-order valence-electron chi connectivity index (χ1n) is 4.33. The number of hydrogen-bond acceptors (Lipinski definition) is 4. The van der Waals surface area contributed by atoms with Crippen LogP contribution < -0.4 is 0 Å². The van der Waals surface area contributed by atoms with Gasteiger partial charge in [-0.15, -0.1) is 11.3 Å². The Morgan fingerprint density at radius 2 is 2.47 bits per heavy atom. The van der Waals surface area contributed by atoms with E-state index in [1.807, 2.05) is 4.40 Å². The molecule has 0 unspecified atom stereocenters. The van der Waals surface area contributed by atoms with Gasteiger partial charge in [0.05, 0.1) is 6.20 Å². The predicted molar refractivity (Wildman–Crippen MR) is 55.5 cm³/mol. The van der Waals surface area contributed by atoms with E-state index >= 15 is 0 Å². The third-order valence-corrected chi connectivity index (χ3v) is 3.31. The largest absolute Gasteiger partial charge is 0.477 e. The van der Waals surface area contributed by atoms with E-state index in [0.717, 1.165) is 10.7 Å². The summed E-state index contributed by atoms with van der Waals surface area (Å²) < 4.78 is 6.81. The van der Waals surface area contributed by atoms with Gasteiger partial charge < -0.3 is 9.84 Å². The van der Waals surface area contributed by atoms with E-state index < -0.39 is 5.97 Å². The highest BCUT2D eigenvalue weighted by Crippen LogP contribution is 2.24. The highest BCUT2D eigenvalue weighted by Gasteiger charge is 2.17. The minimum Gasteiger partial charge on any atom is -0.477 e. The van der Waals surface area contributed by atoms with Gasteiger partial charge in [-0.2, -0.15) is 0 Å². The Balaban J connectivity index is 2.63. The Bertz CT molecular complexity index is 515. The lowest BCUT2D eigenvalue weighted by Crippen LogP contribution is -2.01. The van der Waals surface area contributed by atoms with Gasteiger partial charge in [0, 0.05) is 12.8 Å². The Morgan fingerprint density at radius 3 is 3.07 bits per heavy atom. The number of thiazole rings is 1. The molecular formula is C9H10N2O3S. The fraction of sp³-hybridized carbons (Fsp3) is 0.333. The van der Waals surface area contributed by atoms with Crippen molar-refractivity contribution < 1.29 is 14.6 Å². The molecule has 0 radical (unpaired) electrons. The number of aryl methyl sites for hydroxylation is 1. The Kier molecular flexibility index (Phi) is 2.45. The molecule has 2 heterocycles. The smallest absolute Gasteiger partial charge is 0.347 e. The number of hydrogen-bond donors (Lipinski definition) is 1. The molecule has 0 aliphatic rings. The first-order chi connectivity index (χ1) is 7.15. The normalized spacial score (nSPS) is 11.1. The second-order valence-electron chi connectivity index (χ2n) is 3.10. The number of carboxylic acid groups (broad SMARTS) is 1. The summed E-state index contributed by atoms with van der Waals surface area (Å²) >= 11 is 1.22. The molecule has 2 rings (SSSR count). The van der Waals surface area contributed by atoms with Gasteiger partial charge in [0.1, 0.15) is 22.1 Å². The van der Waals surface area contributed by atoms with Gasteiger partial charge in [0.15, 0.2) is 0 Å². The Hall–Kier alpha value is -1.40. The molecule has 5 nitrogen and oxygen atoms in total. The van der Waals surface area contributed by atoms with Crippen molar-refractivity contribution in [2.24, 2.45) is 0 Å². The zero-order chi connectivity index (χ0) is 11.0. The van der Waals surface area contributed by atoms with E-state index in [-0.39, 0.29) is 0 Å². The van der Waals surface area contributed by atoms with Crippen molar-refractivity contribution >= 4 is 22.1 Å². The second kappa shape index (κ2) is 3.63. The molecule has 2 aromatic rings. The van der Waals surface area contributed by atoms with Crippen LogP contribution in [0.4, 0.5) is 0 Å². The monoisotopic (exact) mass is 226 g/mol. The molecule has 0 atom stereocenters. The summed E-state index contributed by atoms with van der Waals surface area (Å²) in [4.78, 5) is 16.2. The number of imidazole rings is 1. The first-order valence-corrected chi connectivity index (χ1v) is 5.14. The highest BCUT2D eigenvalue weighted by atomic mass is 32.1. The Morgan fingerprint density at radius 1 is 1.73 bits per heavy atom. The van der Waals surface area contributed by atoms with Crippen LogP contribution in [0.25, 0.3) is 4.83 Å². The van der Waals surface area contributed by atoms with Crippen molar-refractivity contribution in [3.63, 3.8) is 0 Å². The zero-order valence-electron chi connectivity index (χ0n) is 8.35. The van der Waals surface area contributed by atoms with E-state index in [4.69, 9.17) is 9.84 Å². The molecule has 0 bridgehead atoms. The molecule has 0 aromatic carbocycles. The summed E-state index contributed by atoms with van der Waals surface area (Å²) in [6.45, 7) is 2.15. The quantitative estimate of drug-likeness (QED) is 0.862. The van der Waals surface area contributed by atoms with Crippen LogP contribution in [-0.2, 0) is 11.3 Å². The van der Waals surface area contributed by atoms with E-state index in [2.05, 4.69) is 4.98 Å². The summed E-state index contributed by atoms with van der Waals surface area (Å²) in [5, 5.41) is 8.95. The minimum absolute atomic E-state index is 0.352. The molecule has 0 aliphatic carbocycles. The number of fused-ring (bicyclic) bond motifs is 1. The van der Waals surface area contributed by atoms with E-state index in [1.165, 1.54) is 11.3 Å². The van der Waals surface area contributed by atoms with Crippen LogP contribution in [0.15, 0.2) is 6.20 Å². The van der Waals surface area contributed by atoms with E-state index in [0.29, 0.717) is 17.2 Å². The van der Waals surface area contributed by atoms with Crippen LogP contribution in [0, 0.1) is 6.92 Å². The summed E-state index contributed by atoms with van der Waals surface area (Å²) in [6, 6.07) is 0. The number of aromatic nitrogens is 2. The minimum atomic E-state index is -0.899. The van der Waals surface area contributed by atoms with Gasteiger partial charge in [-0.3, -0.25) is 4.40 Å². The van der Waals surface area contributed by atoms with Crippen molar-refractivity contribution in [1.82, 2.24) is 9.38 Å². The van der Waals surface area contributed by atoms with Gasteiger partial charge in [0.2, 0.25) is 0 Å². The number of carbonyl (C=O) groups is 1. The van der Waals surface area contributed by atoms with Crippen molar-refractivity contribution in [2.45, 2.75) is 13.5 Å². The topological polar surface area (TPSA) is 63.8 Å². The van der Waals surface area contributed by atoms with Crippen molar-refractivity contribution in [3.05, 3.63) is 22.6 Å². The van der Waals surface area contributed by atoms with Crippen LogP contribution in [0.2, 0.25) is 0 Å². The number of rotatable bonds is 3. The Labute approximate surface area is 89.9 Å². The SMILES string of the molecule is COCc1ncc2sc(C(=O)O)c(C)n12. The molecule has 80 valence electrons. The maximum atomic E-state index is 10.9. The van der Waals surface area contributed by atoms with Crippen molar-refractivity contribution in [1.29, 1.82) is 0 Å². The molecule has 0 fully saturated rings. The third-order valence-electron chi connectivity index (χ3n) is 2.14. The second-order valence-corrected chi connectivity index (χ2v) is 4.13. The summed E-state index contributed by atoms with van der Waals surface area (Å²) in [5.74, 6) is -0.168. The molecular weight excluding hydrogens is 216 g/mol. The fourth-order valence-corrected chi connectivity index (χ4v) is 2.49. The lowest BCUT2D eigenvalue weighted by Gasteiger charge is -1.98. The molecule has 6 heteroatoms. The number of nitrogens with zero attached hydrogens (tertiary/aromatic N) is 2. The average Bonchev–Trinajstić information content (AvgIpc) is 2.69.